The number of pyridine rings is 1. The van der Waals surface area contributed by atoms with E-state index in [1.54, 1.807) is 16.9 Å². The Labute approximate surface area is 183 Å². The summed E-state index contributed by atoms with van der Waals surface area (Å²) in [7, 11) is 0. The van der Waals surface area contributed by atoms with E-state index in [0.29, 0.717) is 22.9 Å². The smallest absolute Gasteiger partial charge is 0.262 e. The van der Waals surface area contributed by atoms with Crippen LogP contribution in [0.5, 0.6) is 5.75 Å². The zero-order valence-electron chi connectivity index (χ0n) is 16.9. The van der Waals surface area contributed by atoms with Crippen LogP contribution in [-0.2, 0) is 4.79 Å². The maximum absolute atomic E-state index is 12.2. The summed E-state index contributed by atoms with van der Waals surface area (Å²) in [6.07, 6.45) is 3.41. The van der Waals surface area contributed by atoms with E-state index < -0.39 is 0 Å². The Morgan fingerprint density at radius 3 is 2.41 bits per heavy atom. The molecule has 1 amide bonds. The average molecular weight is 422 g/mol. The molecule has 0 bridgehead atoms. The number of hydrogen-bond donors (Lipinski definition) is 1. The molecule has 0 atom stereocenters. The maximum Gasteiger partial charge on any atom is 0.262 e. The molecule has 0 radical (unpaired) electrons. The molecular formula is C24H18N6O2. The molecule has 5 aromatic rings. The van der Waals surface area contributed by atoms with Crippen molar-refractivity contribution in [2.75, 3.05) is 11.9 Å². The molecule has 0 aliphatic carbocycles. The highest BCUT2D eigenvalue weighted by molar-refractivity contribution is 5.92. The first-order valence-corrected chi connectivity index (χ1v) is 9.97. The SMILES string of the molecule is O=C(COc1ccccc1)Nc1ccc(-c2ccc3nnc(-c4ccncc4)n3n2)cc1. The second-order valence-electron chi connectivity index (χ2n) is 6.98. The minimum atomic E-state index is -0.229. The van der Waals surface area contributed by atoms with Crippen molar-refractivity contribution >= 4 is 17.2 Å². The second kappa shape index (κ2) is 8.65. The van der Waals surface area contributed by atoms with Crippen LogP contribution in [0.1, 0.15) is 0 Å². The summed E-state index contributed by atoms with van der Waals surface area (Å²) in [5.74, 6) is 1.07. The fraction of sp³-hybridized carbons (Fsp3) is 0.0417. The Bertz CT molecular complexity index is 1350. The fourth-order valence-electron chi connectivity index (χ4n) is 3.21. The van der Waals surface area contributed by atoms with Gasteiger partial charge in [-0.2, -0.15) is 9.61 Å². The van der Waals surface area contributed by atoms with Crippen molar-refractivity contribution in [3.63, 3.8) is 0 Å². The van der Waals surface area contributed by atoms with Crippen molar-refractivity contribution < 1.29 is 9.53 Å². The standard InChI is InChI=1S/C24H18N6O2/c31-23(16-32-20-4-2-1-3-5-20)26-19-8-6-17(7-9-19)21-10-11-22-27-28-24(30(22)29-21)18-12-14-25-15-13-18/h1-15H,16H2,(H,26,31). The lowest BCUT2D eigenvalue weighted by Crippen LogP contribution is -2.20. The molecular weight excluding hydrogens is 404 g/mol. The van der Waals surface area contributed by atoms with Gasteiger partial charge in [-0.1, -0.05) is 30.3 Å². The van der Waals surface area contributed by atoms with Gasteiger partial charge >= 0.3 is 0 Å². The Kier molecular flexibility index (Phi) is 5.24. The quantitative estimate of drug-likeness (QED) is 0.446. The van der Waals surface area contributed by atoms with Gasteiger partial charge in [-0.05, 0) is 48.5 Å². The summed E-state index contributed by atoms with van der Waals surface area (Å²) in [6, 6.07) is 24.2. The first kappa shape index (κ1) is 19.4. The van der Waals surface area contributed by atoms with Crippen LogP contribution in [0.15, 0.2) is 91.3 Å². The number of ether oxygens (including phenoxy) is 1. The lowest BCUT2D eigenvalue weighted by molar-refractivity contribution is -0.118. The lowest BCUT2D eigenvalue weighted by atomic mass is 10.1. The van der Waals surface area contributed by atoms with E-state index in [4.69, 9.17) is 9.84 Å². The van der Waals surface area contributed by atoms with Crippen LogP contribution in [0.4, 0.5) is 5.69 Å². The van der Waals surface area contributed by atoms with Crippen LogP contribution in [0.3, 0.4) is 0 Å². The van der Waals surface area contributed by atoms with E-state index in [2.05, 4.69) is 20.5 Å². The van der Waals surface area contributed by atoms with Crippen LogP contribution < -0.4 is 10.1 Å². The van der Waals surface area contributed by atoms with Crippen molar-refractivity contribution in [2.24, 2.45) is 0 Å². The van der Waals surface area contributed by atoms with Gasteiger partial charge in [0.25, 0.3) is 5.91 Å². The van der Waals surface area contributed by atoms with Crippen molar-refractivity contribution in [2.45, 2.75) is 0 Å². The predicted molar refractivity (Wildman–Crippen MR) is 120 cm³/mol. The number of nitrogens with one attached hydrogen (secondary N) is 1. The zero-order valence-corrected chi connectivity index (χ0v) is 16.9. The highest BCUT2D eigenvalue weighted by Gasteiger charge is 2.11. The number of rotatable bonds is 6. The molecule has 0 fully saturated rings. The van der Waals surface area contributed by atoms with E-state index in [1.165, 1.54) is 0 Å². The van der Waals surface area contributed by atoms with E-state index in [1.807, 2.05) is 78.9 Å². The van der Waals surface area contributed by atoms with Crippen LogP contribution in [0, 0.1) is 0 Å². The lowest BCUT2D eigenvalue weighted by Gasteiger charge is -2.08. The molecule has 1 N–H and O–H groups in total. The average Bonchev–Trinajstić information content (AvgIpc) is 3.28. The Morgan fingerprint density at radius 2 is 1.62 bits per heavy atom. The fourth-order valence-corrected chi connectivity index (χ4v) is 3.21. The second-order valence-corrected chi connectivity index (χ2v) is 6.98. The van der Waals surface area contributed by atoms with E-state index >= 15 is 0 Å². The van der Waals surface area contributed by atoms with Gasteiger partial charge in [0.15, 0.2) is 18.1 Å². The molecule has 0 spiro atoms. The molecule has 5 rings (SSSR count). The van der Waals surface area contributed by atoms with Crippen molar-refractivity contribution in [1.29, 1.82) is 0 Å². The molecule has 8 nitrogen and oxygen atoms in total. The van der Waals surface area contributed by atoms with Gasteiger partial charge in [0.2, 0.25) is 0 Å². The van der Waals surface area contributed by atoms with Crippen LogP contribution in [0.25, 0.3) is 28.3 Å². The summed E-state index contributed by atoms with van der Waals surface area (Å²) in [6.45, 7) is -0.0601. The summed E-state index contributed by atoms with van der Waals surface area (Å²) in [5, 5.41) is 16.0. The Morgan fingerprint density at radius 1 is 0.844 bits per heavy atom. The number of aromatic nitrogens is 5. The van der Waals surface area contributed by atoms with Crippen molar-refractivity contribution in [3.8, 4) is 28.4 Å². The van der Waals surface area contributed by atoms with Crippen molar-refractivity contribution in [1.82, 2.24) is 24.8 Å². The van der Waals surface area contributed by atoms with Crippen LogP contribution in [-0.4, -0.2) is 37.3 Å². The highest BCUT2D eigenvalue weighted by atomic mass is 16.5. The molecule has 32 heavy (non-hydrogen) atoms. The molecule has 156 valence electrons. The largest absolute Gasteiger partial charge is 0.484 e. The summed E-state index contributed by atoms with van der Waals surface area (Å²) < 4.78 is 7.18. The molecule has 8 heteroatoms. The van der Waals surface area contributed by atoms with Gasteiger partial charge in [-0.15, -0.1) is 10.2 Å². The number of hydrogen-bond acceptors (Lipinski definition) is 6. The normalized spacial score (nSPS) is 10.8. The van der Waals surface area contributed by atoms with Gasteiger partial charge in [-0.3, -0.25) is 9.78 Å². The highest BCUT2D eigenvalue weighted by Crippen LogP contribution is 2.22. The number of benzene rings is 2. The van der Waals surface area contributed by atoms with Crippen LogP contribution in [0.2, 0.25) is 0 Å². The number of fused-ring (bicyclic) bond motifs is 1. The molecule has 0 unspecified atom stereocenters. The molecule has 0 aliphatic rings. The minimum absolute atomic E-state index is 0.0601. The van der Waals surface area contributed by atoms with Gasteiger partial charge < -0.3 is 10.1 Å². The number of amides is 1. The monoisotopic (exact) mass is 422 g/mol. The number of carbonyl (C=O) groups excluding carboxylic acids is 1. The van der Waals surface area contributed by atoms with Crippen LogP contribution >= 0.6 is 0 Å². The number of para-hydroxylation sites is 1. The predicted octanol–water partition coefficient (Wildman–Crippen LogP) is 3.87. The summed E-state index contributed by atoms with van der Waals surface area (Å²) in [4.78, 5) is 16.2. The number of carbonyl (C=O) groups is 1. The zero-order chi connectivity index (χ0) is 21.8. The summed E-state index contributed by atoms with van der Waals surface area (Å²) >= 11 is 0. The molecule has 0 saturated carbocycles. The number of nitrogens with zero attached hydrogens (tertiary/aromatic N) is 5. The van der Waals surface area contributed by atoms with Gasteiger partial charge in [0.05, 0.1) is 5.69 Å². The molecule has 0 saturated heterocycles. The third-order valence-electron chi connectivity index (χ3n) is 4.78. The minimum Gasteiger partial charge on any atom is -0.484 e. The molecule has 3 heterocycles. The third kappa shape index (κ3) is 4.15. The van der Waals surface area contributed by atoms with E-state index in [9.17, 15) is 4.79 Å². The van der Waals surface area contributed by atoms with E-state index in [-0.39, 0.29) is 12.5 Å². The van der Waals surface area contributed by atoms with Gasteiger partial charge in [0.1, 0.15) is 5.75 Å². The van der Waals surface area contributed by atoms with E-state index in [0.717, 1.165) is 16.8 Å². The first-order valence-electron chi connectivity index (χ1n) is 9.97. The Hall–Kier alpha value is -4.59. The first-order chi connectivity index (χ1) is 15.8. The third-order valence-corrected chi connectivity index (χ3v) is 4.78. The van der Waals surface area contributed by atoms with Gasteiger partial charge in [-0.25, -0.2) is 0 Å². The molecule has 2 aromatic carbocycles. The van der Waals surface area contributed by atoms with Gasteiger partial charge in [0, 0.05) is 29.2 Å². The topological polar surface area (TPSA) is 94.3 Å². The molecule has 0 aliphatic heterocycles. The van der Waals surface area contributed by atoms with Crippen molar-refractivity contribution in [3.05, 3.63) is 91.3 Å². The summed E-state index contributed by atoms with van der Waals surface area (Å²) in [5.41, 5.74) is 3.88. The Balaban J connectivity index is 1.31. The maximum atomic E-state index is 12.2. The molecule has 3 aromatic heterocycles. The number of anilines is 1.